The Morgan fingerprint density at radius 1 is 0.577 bits per heavy atom. The van der Waals surface area contributed by atoms with Crippen molar-refractivity contribution in [1.82, 2.24) is 88.0 Å². The average molecular weight is 1520 g/mol. The van der Waals surface area contributed by atoms with E-state index in [1.807, 2.05) is 139 Å². The second-order valence-electron chi connectivity index (χ2n) is 31.1. The van der Waals surface area contributed by atoms with Gasteiger partial charge in [-0.25, -0.2) is 14.6 Å². The number of carboxylic acids is 1. The van der Waals surface area contributed by atoms with E-state index >= 15 is 24.0 Å². The minimum absolute atomic E-state index is 0.0169. The molecule has 2 aromatic heterocycles. The van der Waals surface area contributed by atoms with E-state index in [2.05, 4.69) is 73.5 Å². The van der Waals surface area contributed by atoms with Crippen LogP contribution in [0.5, 0.6) is 11.5 Å². The van der Waals surface area contributed by atoms with Gasteiger partial charge < -0.3 is 71.7 Å². The Balaban J connectivity index is 0.898. The summed E-state index contributed by atoms with van der Waals surface area (Å²) in [7, 11) is 3.26. The van der Waals surface area contributed by atoms with E-state index in [-0.39, 0.29) is 77.3 Å². The molecule has 10 bridgehead atoms. The second-order valence-corrected chi connectivity index (χ2v) is 31.1. The van der Waals surface area contributed by atoms with Gasteiger partial charge in [-0.2, -0.15) is 0 Å². The molecule has 14 rings (SSSR count). The van der Waals surface area contributed by atoms with Crippen LogP contribution in [0.2, 0.25) is 0 Å². The molecule has 6 aliphatic heterocycles. The maximum atomic E-state index is 15.4. The Morgan fingerprint density at radius 3 is 1.60 bits per heavy atom. The second kappa shape index (κ2) is 36.1. The van der Waals surface area contributed by atoms with Gasteiger partial charge in [0.05, 0.1) is 43.1 Å². The van der Waals surface area contributed by atoms with Crippen LogP contribution in [-0.4, -0.2) is 205 Å². The van der Waals surface area contributed by atoms with E-state index in [0.717, 1.165) is 32.7 Å². The van der Waals surface area contributed by atoms with E-state index in [1.54, 1.807) is 75.2 Å². The Hall–Kier alpha value is -11.2. The van der Waals surface area contributed by atoms with Crippen molar-refractivity contribution in [1.29, 1.82) is 0 Å². The number of nitrogens with one attached hydrogen (secondary N) is 9. The Labute approximate surface area is 644 Å². The lowest BCUT2D eigenvalue weighted by Crippen LogP contribution is -2.61. The third-order valence-electron chi connectivity index (χ3n) is 20.8. The monoisotopic (exact) mass is 1520 g/mol. The number of tetrazole rings is 1. The molecule has 10 N–H and O–H groups in total. The van der Waals surface area contributed by atoms with Crippen LogP contribution >= 0.6 is 0 Å². The van der Waals surface area contributed by atoms with E-state index in [9.17, 15) is 24.3 Å². The summed E-state index contributed by atoms with van der Waals surface area (Å²) in [6.45, 7) is 14.6. The van der Waals surface area contributed by atoms with Crippen LogP contribution in [0.3, 0.4) is 0 Å². The highest BCUT2D eigenvalue weighted by Crippen LogP contribution is 2.34. The predicted molar refractivity (Wildman–Crippen MR) is 412 cm³/mol. The zero-order valence-corrected chi connectivity index (χ0v) is 64.3. The Bertz CT molecular complexity index is 4600. The summed E-state index contributed by atoms with van der Waals surface area (Å²) >= 11 is 0. The van der Waals surface area contributed by atoms with E-state index in [1.165, 1.54) is 9.80 Å². The molecule has 588 valence electrons. The van der Waals surface area contributed by atoms with Crippen molar-refractivity contribution >= 4 is 74.8 Å². The van der Waals surface area contributed by atoms with Gasteiger partial charge in [-0.3, -0.25) is 38.4 Å². The van der Waals surface area contributed by atoms with Crippen molar-refractivity contribution < 1.29 is 62.5 Å². The van der Waals surface area contributed by atoms with Crippen LogP contribution in [0.25, 0.3) is 21.5 Å². The summed E-state index contributed by atoms with van der Waals surface area (Å²) in [6.07, 6.45) is 2.06. The number of hydrogen-bond acceptors (Lipinski definition) is 19. The number of aromatic nitrogens is 7. The maximum Gasteiger partial charge on any atom is 0.326 e. The minimum atomic E-state index is -1.49. The lowest BCUT2D eigenvalue weighted by Gasteiger charge is -2.36. The molecule has 0 radical (unpaired) electrons. The number of amides is 8. The van der Waals surface area contributed by atoms with Gasteiger partial charge in [-0.15, -0.1) is 10.2 Å². The smallest absolute Gasteiger partial charge is 0.326 e. The van der Waals surface area contributed by atoms with Crippen molar-refractivity contribution in [2.24, 2.45) is 10.8 Å². The largest absolute Gasteiger partial charge is 0.494 e. The van der Waals surface area contributed by atoms with Gasteiger partial charge in [-0.1, -0.05) is 156 Å². The Kier molecular flexibility index (Phi) is 26.2. The molecule has 8 aromatic rings. The highest BCUT2D eigenvalue weighted by molar-refractivity contribution is 5.98. The number of ether oxygens (including phenoxy) is 3. The number of nitrogens with zero attached hydrogens (tertiary/aromatic N) is 8. The van der Waals surface area contributed by atoms with Gasteiger partial charge in [0, 0.05) is 58.2 Å². The Morgan fingerprint density at radius 2 is 1.08 bits per heavy atom. The normalized spacial score (nSPS) is 22.0. The summed E-state index contributed by atoms with van der Waals surface area (Å²) in [5, 5.41) is 61.6. The topological polar surface area (TPSA) is 389 Å². The number of likely N-dealkylation sites (N-methyl/N-ethyl adjacent to an activating group) is 2. The summed E-state index contributed by atoms with van der Waals surface area (Å²) in [4.78, 5) is 134. The number of carbonyl (C=O) groups excluding carboxylic acids is 8. The molecular weight excluding hydrogens is 1420 g/mol. The number of likely N-dealkylation sites (tertiary alicyclic amines) is 2. The van der Waals surface area contributed by atoms with Crippen LogP contribution in [0.1, 0.15) is 127 Å². The van der Waals surface area contributed by atoms with Crippen LogP contribution in [0, 0.1) is 10.8 Å². The molecule has 6 aromatic carbocycles. The lowest BCUT2D eigenvalue weighted by atomic mass is 9.85. The lowest BCUT2D eigenvalue weighted by molar-refractivity contribution is -0.145. The van der Waals surface area contributed by atoms with Crippen molar-refractivity contribution in [2.45, 2.75) is 186 Å². The van der Waals surface area contributed by atoms with Crippen LogP contribution in [0.4, 0.5) is 0 Å². The first-order valence-electron chi connectivity index (χ1n) is 37.7. The molecule has 30 nitrogen and oxygen atoms in total. The minimum Gasteiger partial charge on any atom is -0.494 e. The number of H-pyrrole nitrogens is 1. The first-order valence-corrected chi connectivity index (χ1v) is 37.7. The fourth-order valence-corrected chi connectivity index (χ4v) is 14.0. The van der Waals surface area contributed by atoms with Gasteiger partial charge in [0.2, 0.25) is 47.3 Å². The maximum absolute atomic E-state index is 15.4. The molecule has 0 spiro atoms. The highest BCUT2D eigenvalue weighted by Gasteiger charge is 2.49. The first kappa shape index (κ1) is 80.8. The molecule has 2 saturated heterocycles. The number of benzene rings is 6. The van der Waals surface area contributed by atoms with Crippen molar-refractivity contribution in [3.8, 4) is 11.5 Å². The van der Waals surface area contributed by atoms with Crippen LogP contribution < -0.4 is 52.0 Å². The van der Waals surface area contributed by atoms with Gasteiger partial charge in [0.15, 0.2) is 5.82 Å². The van der Waals surface area contributed by atoms with Crippen molar-refractivity contribution in [2.75, 3.05) is 40.4 Å². The number of hydrogen-bond donors (Lipinski definition) is 10. The predicted octanol–water partition coefficient (Wildman–Crippen LogP) is 4.92. The number of fused-ring (bicyclic) bond motifs is 2. The zero-order valence-electron chi connectivity index (χ0n) is 64.3. The molecule has 8 heterocycles. The number of carbonyl (C=O) groups is 9. The fraction of sp³-hybridized carbons (Fsp3) is 0.457. The molecule has 30 heteroatoms. The molecule has 0 unspecified atom stereocenters. The third kappa shape index (κ3) is 20.8. The molecular formula is C81H101N17O13. The molecule has 8 amide bonds. The van der Waals surface area contributed by atoms with E-state index in [0.29, 0.717) is 41.2 Å². The van der Waals surface area contributed by atoms with Gasteiger partial charge in [0.1, 0.15) is 66.1 Å². The summed E-state index contributed by atoms with van der Waals surface area (Å²) in [5.74, 6) is -4.78. The molecule has 6 aliphatic rings. The molecule has 0 aliphatic carbocycles. The number of carboxylic acid groups (broad SMARTS) is 1. The van der Waals surface area contributed by atoms with E-state index in [4.69, 9.17) is 14.2 Å². The molecule has 12 atom stereocenters. The standard InChI is InChI=1S/C81H101N17O13/c1-47(82-9)71(99)88-68(80(3,4)5)77(105)96-44-58-41-66(96)75(103)85-63(39-51-21-27-53-17-11-13-19-55(53)35-51)73(101)84-62(70-91-93-94-92-70)37-49-23-29-59(30-24-49)109-33-15-16-34-110-61-42-67(97(45-61)78(106)69(81(6,7)8)89-72(100)48(2)83-10)76(104)86-64(40-52-22-28-54-18-12-14-20-56(54)36-52)74(102)87-65(79(107)108)38-50-25-31-60(32-26-50)111-46-57-43-98(58)95-90-57/h11-14,17-32,35-36,43,47-48,58,61-69,82-83H,15-16,33-34,37-42,44-46H2,1-10H3,(H,84,101)(H,85,103)(H,86,104)(H,87,102)(H,88,99)(H,89,100)(H,107,108)(H,91,92,93,94)/t47-,48-,58-,61-,62-,63-,64-,65-,66-,67-,68+,69+/m0/s1. The molecule has 0 saturated carbocycles. The summed E-state index contributed by atoms with van der Waals surface area (Å²) < 4.78 is 20.4. The number of aliphatic carboxylic acids is 1. The van der Waals surface area contributed by atoms with Crippen molar-refractivity contribution in [3.63, 3.8) is 0 Å². The SMILES string of the molecule is CN[C@@H](C)C(=O)N[C@H](C(=O)N1C[C@@H]2C[C@H]1C(=O)N[C@@H](Cc1ccc3ccccc3c1)C(=O)N[C@H](C(=O)O)Cc1ccc(cc1)OCc1cn(nn1)[C@H]1C[C@@H](C(=O)N[C@@H](Cc3ccc4ccccc4c3)C(=O)N[C@H](c3nnn[nH]3)Cc3ccc(cc3)OCCCCO2)N(C(=O)[C@@H](NC(=O)[C@H](C)NC)C(C)(C)C)C1)C(C)(C)C. The van der Waals surface area contributed by atoms with Crippen LogP contribution in [0.15, 0.2) is 140 Å². The third-order valence-corrected chi connectivity index (χ3v) is 20.8. The van der Waals surface area contributed by atoms with E-state index < -0.39 is 137 Å². The quantitative estimate of drug-likeness (QED) is 0.0690. The van der Waals surface area contributed by atoms with Crippen molar-refractivity contribution in [3.05, 3.63) is 173 Å². The van der Waals surface area contributed by atoms with Gasteiger partial charge in [0.25, 0.3) is 0 Å². The van der Waals surface area contributed by atoms with Gasteiger partial charge >= 0.3 is 5.97 Å². The molecule has 111 heavy (non-hydrogen) atoms. The molecule has 2 fully saturated rings. The summed E-state index contributed by atoms with van der Waals surface area (Å²) in [5.41, 5.74) is 1.36. The average Bonchev–Trinajstić information content (AvgIpc) is 1.55. The van der Waals surface area contributed by atoms with Crippen LogP contribution in [-0.2, 0) is 80.2 Å². The first-order chi connectivity index (χ1) is 53.1. The number of rotatable bonds is 14. The zero-order chi connectivity index (χ0) is 79.3. The number of aromatic amines is 1. The fourth-order valence-electron chi connectivity index (χ4n) is 14.0. The highest BCUT2D eigenvalue weighted by atomic mass is 16.5. The van der Waals surface area contributed by atoms with Gasteiger partial charge in [-0.05, 0) is 130 Å². The summed E-state index contributed by atoms with van der Waals surface area (Å²) in [6, 6.07) is 29.3.